The van der Waals surface area contributed by atoms with E-state index < -0.39 is 10.0 Å². The lowest BCUT2D eigenvalue weighted by atomic mass is 9.88. The second-order valence-electron chi connectivity index (χ2n) is 7.12. The zero-order valence-electron chi connectivity index (χ0n) is 15.2. The second-order valence-corrected chi connectivity index (χ2v) is 8.80. The molecular formula is C20H24N2O3S. The van der Waals surface area contributed by atoms with Crippen LogP contribution in [0.15, 0.2) is 41.3 Å². The van der Waals surface area contributed by atoms with E-state index in [-0.39, 0.29) is 6.04 Å². The average Bonchev–Trinajstić information content (AvgIpc) is 2.62. The number of nitrogens with zero attached hydrogens (tertiary/aromatic N) is 1. The molecule has 6 heteroatoms. The van der Waals surface area contributed by atoms with Crippen LogP contribution in [0.25, 0.3) is 0 Å². The first kappa shape index (κ1) is 17.4. The first-order valence-corrected chi connectivity index (χ1v) is 10.5. The topological polar surface area (TPSA) is 58.6 Å². The van der Waals surface area contributed by atoms with E-state index in [0.29, 0.717) is 17.3 Å². The lowest BCUT2D eigenvalue weighted by Gasteiger charge is -2.29. The molecular weight excluding hydrogens is 348 g/mol. The molecule has 2 aliphatic rings. The lowest BCUT2D eigenvalue weighted by Crippen LogP contribution is -2.32. The van der Waals surface area contributed by atoms with Crippen molar-refractivity contribution < 1.29 is 13.2 Å². The first-order chi connectivity index (χ1) is 12.5. The highest BCUT2D eigenvalue weighted by Gasteiger charge is 2.28. The molecule has 0 saturated heterocycles. The van der Waals surface area contributed by atoms with Crippen LogP contribution in [-0.4, -0.2) is 28.6 Å². The van der Waals surface area contributed by atoms with Crippen LogP contribution in [0.5, 0.6) is 5.75 Å². The molecule has 2 aromatic rings. The van der Waals surface area contributed by atoms with Crippen LogP contribution in [-0.2, 0) is 16.4 Å². The van der Waals surface area contributed by atoms with Gasteiger partial charge in [-0.1, -0.05) is 24.3 Å². The van der Waals surface area contributed by atoms with Crippen LogP contribution in [0.2, 0.25) is 0 Å². The maximum Gasteiger partial charge on any atom is 0.241 e. The number of fused-ring (bicyclic) bond motifs is 2. The SMILES string of the molecule is Cc1cc2c(cc1S(=O)(=O)N[C@@H]1CCCc3ccccc31)OCCN2C. The fourth-order valence-corrected chi connectivity index (χ4v) is 5.39. The van der Waals surface area contributed by atoms with E-state index >= 15 is 0 Å². The Morgan fingerprint density at radius 3 is 2.88 bits per heavy atom. The highest BCUT2D eigenvalue weighted by atomic mass is 32.2. The van der Waals surface area contributed by atoms with Gasteiger partial charge in [0.2, 0.25) is 10.0 Å². The van der Waals surface area contributed by atoms with Crippen LogP contribution >= 0.6 is 0 Å². The molecule has 0 amide bonds. The summed E-state index contributed by atoms with van der Waals surface area (Å²) in [5.41, 5.74) is 4.00. The molecule has 0 unspecified atom stereocenters. The molecule has 5 nitrogen and oxygen atoms in total. The molecule has 0 spiro atoms. The van der Waals surface area contributed by atoms with Crippen LogP contribution in [0.3, 0.4) is 0 Å². The van der Waals surface area contributed by atoms with Gasteiger partial charge in [-0.3, -0.25) is 0 Å². The Hall–Kier alpha value is -2.05. The molecule has 1 aliphatic carbocycles. The highest BCUT2D eigenvalue weighted by molar-refractivity contribution is 7.89. The van der Waals surface area contributed by atoms with Gasteiger partial charge < -0.3 is 9.64 Å². The van der Waals surface area contributed by atoms with Gasteiger partial charge in [-0.25, -0.2) is 13.1 Å². The van der Waals surface area contributed by atoms with Gasteiger partial charge in [-0.15, -0.1) is 0 Å². The fourth-order valence-electron chi connectivity index (χ4n) is 3.90. The van der Waals surface area contributed by atoms with Gasteiger partial charge in [0.1, 0.15) is 12.4 Å². The molecule has 1 atom stereocenters. The molecule has 0 saturated carbocycles. The van der Waals surface area contributed by atoms with Crippen LogP contribution in [0.1, 0.15) is 35.6 Å². The Labute approximate surface area is 155 Å². The Morgan fingerprint density at radius 2 is 2.04 bits per heavy atom. The molecule has 0 aromatic heterocycles. The molecule has 2 aromatic carbocycles. The summed E-state index contributed by atoms with van der Waals surface area (Å²) in [7, 11) is -1.64. The van der Waals surface area contributed by atoms with Gasteiger partial charge in [0.05, 0.1) is 17.1 Å². The number of aryl methyl sites for hydroxylation is 2. The van der Waals surface area contributed by atoms with Crippen molar-refractivity contribution in [3.8, 4) is 5.75 Å². The number of anilines is 1. The molecule has 0 fully saturated rings. The average molecular weight is 372 g/mol. The third-order valence-corrected chi connectivity index (χ3v) is 6.92. The second kappa shape index (κ2) is 6.59. The van der Waals surface area contributed by atoms with Crippen molar-refractivity contribution in [1.29, 1.82) is 0 Å². The summed E-state index contributed by atoms with van der Waals surface area (Å²) in [4.78, 5) is 2.39. The molecule has 4 rings (SSSR count). The number of likely N-dealkylation sites (N-methyl/N-ethyl adjacent to an activating group) is 1. The summed E-state index contributed by atoms with van der Waals surface area (Å²) in [6.45, 7) is 3.21. The van der Waals surface area contributed by atoms with Crippen molar-refractivity contribution in [2.75, 3.05) is 25.1 Å². The van der Waals surface area contributed by atoms with E-state index in [0.717, 1.165) is 42.6 Å². The smallest absolute Gasteiger partial charge is 0.241 e. The third kappa shape index (κ3) is 3.08. The van der Waals surface area contributed by atoms with E-state index in [1.807, 2.05) is 38.2 Å². The Morgan fingerprint density at radius 1 is 1.23 bits per heavy atom. The normalized spacial score (nSPS) is 19.5. The summed E-state index contributed by atoms with van der Waals surface area (Å²) in [6, 6.07) is 11.5. The van der Waals surface area contributed by atoms with Crippen molar-refractivity contribution in [2.45, 2.75) is 37.1 Å². The van der Waals surface area contributed by atoms with Crippen LogP contribution in [0, 0.1) is 6.92 Å². The van der Waals surface area contributed by atoms with E-state index in [1.165, 1.54) is 5.56 Å². The number of hydrogen-bond acceptors (Lipinski definition) is 4. The number of hydrogen-bond donors (Lipinski definition) is 1. The number of sulfonamides is 1. The van der Waals surface area contributed by atoms with E-state index in [2.05, 4.69) is 15.7 Å². The van der Waals surface area contributed by atoms with Crippen molar-refractivity contribution in [2.24, 2.45) is 0 Å². The minimum Gasteiger partial charge on any atom is -0.490 e. The monoisotopic (exact) mass is 372 g/mol. The first-order valence-electron chi connectivity index (χ1n) is 9.04. The van der Waals surface area contributed by atoms with Crippen molar-refractivity contribution in [3.63, 3.8) is 0 Å². The van der Waals surface area contributed by atoms with Gasteiger partial charge in [-0.2, -0.15) is 0 Å². The minimum atomic E-state index is -3.63. The van der Waals surface area contributed by atoms with Gasteiger partial charge >= 0.3 is 0 Å². The molecule has 1 aliphatic heterocycles. The molecule has 0 radical (unpaired) electrons. The predicted molar refractivity (Wildman–Crippen MR) is 102 cm³/mol. The number of rotatable bonds is 3. The molecule has 138 valence electrons. The number of nitrogens with one attached hydrogen (secondary N) is 1. The van der Waals surface area contributed by atoms with E-state index in [9.17, 15) is 8.42 Å². The zero-order chi connectivity index (χ0) is 18.3. The summed E-state index contributed by atoms with van der Waals surface area (Å²) >= 11 is 0. The molecule has 1 heterocycles. The maximum absolute atomic E-state index is 13.1. The molecule has 1 N–H and O–H groups in total. The predicted octanol–water partition coefficient (Wildman–Crippen LogP) is 3.18. The van der Waals surface area contributed by atoms with Gasteiger partial charge in [-0.05, 0) is 48.9 Å². The minimum absolute atomic E-state index is 0.177. The van der Waals surface area contributed by atoms with Gasteiger partial charge in [0.15, 0.2) is 0 Å². The van der Waals surface area contributed by atoms with Crippen LogP contribution in [0.4, 0.5) is 5.69 Å². The lowest BCUT2D eigenvalue weighted by molar-refractivity contribution is 0.310. The largest absolute Gasteiger partial charge is 0.490 e. The third-order valence-electron chi connectivity index (χ3n) is 5.31. The maximum atomic E-state index is 13.1. The number of ether oxygens (including phenoxy) is 1. The number of benzene rings is 2. The van der Waals surface area contributed by atoms with Gasteiger partial charge in [0.25, 0.3) is 0 Å². The van der Waals surface area contributed by atoms with E-state index in [4.69, 9.17) is 4.74 Å². The Balaban J connectivity index is 1.68. The van der Waals surface area contributed by atoms with Crippen LogP contribution < -0.4 is 14.4 Å². The zero-order valence-corrected chi connectivity index (χ0v) is 16.0. The molecule has 26 heavy (non-hydrogen) atoms. The summed E-state index contributed by atoms with van der Waals surface area (Å²) in [5, 5.41) is 0. The fraction of sp³-hybridized carbons (Fsp3) is 0.400. The quantitative estimate of drug-likeness (QED) is 0.899. The van der Waals surface area contributed by atoms with Crippen molar-refractivity contribution >= 4 is 15.7 Å². The summed E-state index contributed by atoms with van der Waals surface area (Å²) in [6.07, 6.45) is 2.81. The Bertz CT molecular complexity index is 940. The van der Waals surface area contributed by atoms with Crippen molar-refractivity contribution in [1.82, 2.24) is 4.72 Å². The Kier molecular flexibility index (Phi) is 4.40. The summed E-state index contributed by atoms with van der Waals surface area (Å²) < 4.78 is 34.9. The summed E-state index contributed by atoms with van der Waals surface area (Å²) in [5.74, 6) is 0.633. The van der Waals surface area contributed by atoms with E-state index in [1.54, 1.807) is 6.07 Å². The van der Waals surface area contributed by atoms with Gasteiger partial charge in [0, 0.05) is 19.2 Å². The highest BCUT2D eigenvalue weighted by Crippen LogP contribution is 2.36. The van der Waals surface area contributed by atoms with Crippen molar-refractivity contribution in [3.05, 3.63) is 53.1 Å². The standard InChI is InChI=1S/C20H24N2O3S/c1-14-12-18-19(25-11-10-22(18)2)13-20(14)26(23,24)21-17-9-5-7-15-6-3-4-8-16(15)17/h3-4,6,8,12-13,17,21H,5,7,9-11H2,1-2H3/t17-/m1/s1. The molecule has 0 bridgehead atoms.